The first-order valence-electron chi connectivity index (χ1n) is 15.5. The van der Waals surface area contributed by atoms with E-state index in [2.05, 4.69) is 102 Å². The summed E-state index contributed by atoms with van der Waals surface area (Å²) in [5.41, 5.74) is 11.6. The van der Waals surface area contributed by atoms with Crippen molar-refractivity contribution in [3.63, 3.8) is 0 Å². The molecule has 6 aromatic rings. The van der Waals surface area contributed by atoms with Crippen molar-refractivity contribution in [3.8, 4) is 22.3 Å². The average molecular weight is 516 g/mol. The van der Waals surface area contributed by atoms with Gasteiger partial charge in [-0.15, -0.1) is 0 Å². The van der Waals surface area contributed by atoms with Crippen LogP contribution in [0.4, 0.5) is 0 Å². The van der Waals surface area contributed by atoms with Crippen molar-refractivity contribution in [2.75, 3.05) is 0 Å². The van der Waals surface area contributed by atoms with E-state index in [0.717, 1.165) is 23.7 Å². The van der Waals surface area contributed by atoms with E-state index in [1.165, 1.54) is 93.4 Å². The molecule has 10 rings (SSSR count). The van der Waals surface area contributed by atoms with Crippen LogP contribution in [0.15, 0.2) is 97.1 Å². The largest absolute Gasteiger partial charge is 0.354 e. The maximum absolute atomic E-state index is 3.68. The van der Waals surface area contributed by atoms with Gasteiger partial charge in [-0.25, -0.2) is 0 Å². The second-order valence-electron chi connectivity index (χ2n) is 13.3. The number of aromatic amines is 1. The Morgan fingerprint density at radius 3 is 2.40 bits per heavy atom. The van der Waals surface area contributed by atoms with Crippen LogP contribution in [0, 0.1) is 23.7 Å². The Labute approximate surface area is 235 Å². The molecule has 0 radical (unpaired) electrons. The highest BCUT2D eigenvalue weighted by atomic mass is 14.7. The predicted molar refractivity (Wildman–Crippen MR) is 167 cm³/mol. The summed E-state index contributed by atoms with van der Waals surface area (Å²) in [5.74, 6) is 3.50. The van der Waals surface area contributed by atoms with E-state index >= 15 is 0 Å². The first-order chi connectivity index (χ1) is 19.8. The molecule has 0 aliphatic heterocycles. The molecule has 1 heterocycles. The van der Waals surface area contributed by atoms with E-state index < -0.39 is 0 Å². The van der Waals surface area contributed by atoms with Crippen LogP contribution in [-0.4, -0.2) is 4.98 Å². The number of hydrogen-bond acceptors (Lipinski definition) is 0. The molecular weight excluding hydrogens is 482 g/mol. The molecule has 5 atom stereocenters. The first kappa shape index (κ1) is 21.9. The zero-order chi connectivity index (χ0) is 26.0. The van der Waals surface area contributed by atoms with Gasteiger partial charge in [0.1, 0.15) is 0 Å². The molecule has 4 aliphatic rings. The van der Waals surface area contributed by atoms with Crippen molar-refractivity contribution < 1.29 is 0 Å². The van der Waals surface area contributed by atoms with Crippen LogP contribution in [-0.2, 0) is 5.41 Å². The van der Waals surface area contributed by atoms with E-state index in [4.69, 9.17) is 0 Å². The molecule has 1 spiro atoms. The summed E-state index contributed by atoms with van der Waals surface area (Å²) < 4.78 is 0. The number of fused-ring (bicyclic) bond motifs is 9. The van der Waals surface area contributed by atoms with Crippen LogP contribution in [0.25, 0.3) is 54.8 Å². The van der Waals surface area contributed by atoms with Gasteiger partial charge in [-0.3, -0.25) is 0 Å². The van der Waals surface area contributed by atoms with Crippen LogP contribution in [0.3, 0.4) is 0 Å². The van der Waals surface area contributed by atoms with E-state index in [9.17, 15) is 0 Å². The second-order valence-corrected chi connectivity index (χ2v) is 13.3. The van der Waals surface area contributed by atoms with E-state index in [1.807, 2.05) is 0 Å². The van der Waals surface area contributed by atoms with Gasteiger partial charge in [0, 0.05) is 27.2 Å². The van der Waals surface area contributed by atoms with Gasteiger partial charge in [-0.2, -0.15) is 0 Å². The molecule has 40 heavy (non-hydrogen) atoms. The first-order valence-corrected chi connectivity index (χ1v) is 15.5. The summed E-state index contributed by atoms with van der Waals surface area (Å²) in [5, 5.41) is 5.28. The Kier molecular flexibility index (Phi) is 4.20. The van der Waals surface area contributed by atoms with Crippen LogP contribution < -0.4 is 0 Å². The van der Waals surface area contributed by atoms with Crippen LogP contribution >= 0.6 is 0 Å². The van der Waals surface area contributed by atoms with Crippen molar-refractivity contribution in [2.24, 2.45) is 23.7 Å². The molecule has 0 saturated heterocycles. The molecule has 194 valence electrons. The molecule has 5 aromatic carbocycles. The Balaban J connectivity index is 1.18. The monoisotopic (exact) mass is 515 g/mol. The third-order valence-electron chi connectivity index (χ3n) is 11.8. The molecule has 5 unspecified atom stereocenters. The lowest BCUT2D eigenvalue weighted by molar-refractivity contribution is -0.0320. The quantitative estimate of drug-likeness (QED) is 0.224. The molecular formula is C39H33N. The van der Waals surface area contributed by atoms with E-state index in [0.29, 0.717) is 0 Å². The van der Waals surface area contributed by atoms with Crippen LogP contribution in [0.2, 0.25) is 0 Å². The summed E-state index contributed by atoms with van der Waals surface area (Å²) in [6.07, 6.45) is 8.69. The highest BCUT2D eigenvalue weighted by Crippen LogP contribution is 2.69. The van der Waals surface area contributed by atoms with Crippen LogP contribution in [0.5, 0.6) is 0 Å². The van der Waals surface area contributed by atoms with Crippen molar-refractivity contribution in [2.45, 2.75) is 43.9 Å². The summed E-state index contributed by atoms with van der Waals surface area (Å²) in [6, 6.07) is 37.3. The number of benzene rings is 5. The minimum Gasteiger partial charge on any atom is -0.354 e. The minimum atomic E-state index is 0.240. The zero-order valence-corrected chi connectivity index (χ0v) is 22.8. The number of rotatable bonds is 1. The second kappa shape index (κ2) is 7.67. The lowest BCUT2D eigenvalue weighted by Crippen LogP contribution is -2.55. The fourth-order valence-corrected chi connectivity index (χ4v) is 10.3. The van der Waals surface area contributed by atoms with Crippen molar-refractivity contribution in [1.29, 1.82) is 0 Å². The molecule has 4 aliphatic carbocycles. The number of aromatic nitrogens is 1. The van der Waals surface area contributed by atoms with Gasteiger partial charge in [0.25, 0.3) is 0 Å². The van der Waals surface area contributed by atoms with E-state index in [1.54, 1.807) is 11.1 Å². The molecule has 0 amide bonds. The lowest BCUT2D eigenvalue weighted by Gasteiger charge is -2.60. The maximum atomic E-state index is 3.68. The van der Waals surface area contributed by atoms with Crippen LogP contribution in [0.1, 0.15) is 49.7 Å². The Morgan fingerprint density at radius 1 is 0.600 bits per heavy atom. The molecule has 1 aromatic heterocycles. The summed E-state index contributed by atoms with van der Waals surface area (Å²) in [7, 11) is 0. The SMILES string of the molecule is c1ccc2c(c1)-c1cc(-c3ccc4[nH]c5ccc6ccccc6c5c4c3)ccc1C21C2CCC3CCC(C2)CC31. The third-order valence-corrected chi connectivity index (χ3v) is 11.8. The average Bonchev–Trinajstić information content (AvgIpc) is 3.51. The molecule has 1 heteroatoms. The van der Waals surface area contributed by atoms with Gasteiger partial charge >= 0.3 is 0 Å². The summed E-state index contributed by atoms with van der Waals surface area (Å²) in [6.45, 7) is 0. The normalized spacial score (nSPS) is 28.0. The lowest BCUT2D eigenvalue weighted by atomic mass is 9.43. The Morgan fingerprint density at radius 2 is 1.40 bits per heavy atom. The van der Waals surface area contributed by atoms with Gasteiger partial charge < -0.3 is 4.98 Å². The van der Waals surface area contributed by atoms with Crippen molar-refractivity contribution in [1.82, 2.24) is 4.98 Å². The van der Waals surface area contributed by atoms with Gasteiger partial charge in [-0.1, -0.05) is 79.2 Å². The number of nitrogens with one attached hydrogen (secondary N) is 1. The molecule has 1 nitrogen and oxygen atoms in total. The fraction of sp³-hybridized carbons (Fsp3) is 0.282. The summed E-state index contributed by atoms with van der Waals surface area (Å²) in [4.78, 5) is 3.68. The Bertz CT molecular complexity index is 2010. The highest BCUT2D eigenvalue weighted by molar-refractivity contribution is 6.20. The minimum absolute atomic E-state index is 0.240. The topological polar surface area (TPSA) is 15.8 Å². The number of H-pyrrole nitrogens is 1. The predicted octanol–water partition coefficient (Wildman–Crippen LogP) is 10.3. The van der Waals surface area contributed by atoms with Crippen molar-refractivity contribution in [3.05, 3.63) is 108 Å². The Hall–Kier alpha value is -3.84. The summed E-state index contributed by atoms with van der Waals surface area (Å²) >= 11 is 0. The highest BCUT2D eigenvalue weighted by Gasteiger charge is 2.61. The third kappa shape index (κ3) is 2.65. The number of hydrogen-bond donors (Lipinski definition) is 1. The fourth-order valence-electron chi connectivity index (χ4n) is 10.3. The molecule has 3 fully saturated rings. The van der Waals surface area contributed by atoms with Gasteiger partial charge in [-0.05, 0) is 124 Å². The van der Waals surface area contributed by atoms with E-state index in [-0.39, 0.29) is 5.41 Å². The van der Waals surface area contributed by atoms with Crippen molar-refractivity contribution >= 4 is 32.6 Å². The molecule has 3 saturated carbocycles. The molecule has 3 bridgehead atoms. The zero-order valence-electron chi connectivity index (χ0n) is 22.8. The standard InChI is InChI=1S/C39H33N/c1-2-6-29-24(5-1)13-18-37-38(29)32-22-27(14-17-36(32)40-37)26-12-16-34-31(21-26)30-7-3-4-8-33(30)39(34)28-15-11-25-10-9-23(19-28)20-35(25)39/h1-8,12-14,16-18,21-23,25,28,35,40H,9-11,15,19-20H2. The maximum Gasteiger partial charge on any atom is 0.0471 e. The smallest absolute Gasteiger partial charge is 0.0471 e. The molecule has 1 N–H and O–H groups in total. The van der Waals surface area contributed by atoms with Gasteiger partial charge in [0.05, 0.1) is 0 Å². The van der Waals surface area contributed by atoms with Gasteiger partial charge in [0.2, 0.25) is 0 Å². The van der Waals surface area contributed by atoms with Gasteiger partial charge in [0.15, 0.2) is 0 Å².